The minimum atomic E-state index is -0.455. The lowest BCUT2D eigenvalue weighted by molar-refractivity contribution is -0.384. The average molecular weight is 439 g/mol. The standard InChI is InChI=1S/C25H21N5O3/c31-24(27-15-19-8-11-23(12-9-19)30(32)33)13-10-22-18-29(17-20-5-2-1-3-6-20)28-25(22)21-7-4-14-26-16-21/h1-14,16,18H,15,17H2,(H,27,31). The van der Waals surface area contributed by atoms with Crippen molar-refractivity contribution in [3.8, 4) is 11.3 Å². The zero-order valence-corrected chi connectivity index (χ0v) is 17.7. The molecule has 0 atom stereocenters. The highest BCUT2D eigenvalue weighted by Crippen LogP contribution is 2.23. The van der Waals surface area contributed by atoms with Crippen molar-refractivity contribution in [2.75, 3.05) is 0 Å². The van der Waals surface area contributed by atoms with Gasteiger partial charge in [-0.1, -0.05) is 42.5 Å². The third-order valence-electron chi connectivity index (χ3n) is 4.94. The van der Waals surface area contributed by atoms with E-state index in [0.717, 1.165) is 27.9 Å². The Morgan fingerprint density at radius 3 is 2.52 bits per heavy atom. The number of amides is 1. The molecule has 0 aliphatic heterocycles. The first-order chi connectivity index (χ1) is 16.1. The van der Waals surface area contributed by atoms with Gasteiger partial charge in [0.25, 0.3) is 5.69 Å². The van der Waals surface area contributed by atoms with Crippen LogP contribution in [0.1, 0.15) is 16.7 Å². The van der Waals surface area contributed by atoms with Crippen LogP contribution in [0.25, 0.3) is 17.3 Å². The van der Waals surface area contributed by atoms with Crippen molar-refractivity contribution >= 4 is 17.7 Å². The summed E-state index contributed by atoms with van der Waals surface area (Å²) in [5, 5.41) is 18.2. The van der Waals surface area contributed by atoms with Gasteiger partial charge in [-0.05, 0) is 29.3 Å². The molecule has 8 heteroatoms. The fourth-order valence-electron chi connectivity index (χ4n) is 3.29. The van der Waals surface area contributed by atoms with Crippen molar-refractivity contribution in [1.29, 1.82) is 0 Å². The normalized spacial score (nSPS) is 10.9. The molecule has 33 heavy (non-hydrogen) atoms. The van der Waals surface area contributed by atoms with Crippen LogP contribution in [0, 0.1) is 10.1 Å². The Hall–Kier alpha value is -4.59. The van der Waals surface area contributed by atoms with E-state index >= 15 is 0 Å². The van der Waals surface area contributed by atoms with Crippen molar-refractivity contribution in [2.45, 2.75) is 13.1 Å². The number of nitrogens with one attached hydrogen (secondary N) is 1. The molecule has 0 bridgehead atoms. The smallest absolute Gasteiger partial charge is 0.269 e. The molecule has 164 valence electrons. The highest BCUT2D eigenvalue weighted by Gasteiger charge is 2.11. The maximum Gasteiger partial charge on any atom is 0.269 e. The van der Waals surface area contributed by atoms with E-state index in [0.29, 0.717) is 6.54 Å². The molecule has 0 saturated carbocycles. The van der Waals surface area contributed by atoms with Crippen LogP contribution in [0.3, 0.4) is 0 Å². The highest BCUT2D eigenvalue weighted by molar-refractivity contribution is 5.92. The second-order valence-electron chi connectivity index (χ2n) is 7.33. The second kappa shape index (κ2) is 10.1. The Morgan fingerprint density at radius 2 is 1.82 bits per heavy atom. The molecule has 0 aliphatic rings. The van der Waals surface area contributed by atoms with Crippen LogP contribution in [-0.4, -0.2) is 25.6 Å². The first kappa shape index (κ1) is 21.6. The van der Waals surface area contributed by atoms with E-state index < -0.39 is 4.92 Å². The van der Waals surface area contributed by atoms with Crippen LogP contribution in [0.5, 0.6) is 0 Å². The Kier molecular flexibility index (Phi) is 6.65. The summed E-state index contributed by atoms with van der Waals surface area (Å²) in [4.78, 5) is 26.8. The third-order valence-corrected chi connectivity index (χ3v) is 4.94. The minimum absolute atomic E-state index is 0.0143. The predicted molar refractivity (Wildman–Crippen MR) is 125 cm³/mol. The van der Waals surface area contributed by atoms with Crippen LogP contribution < -0.4 is 5.32 Å². The molecule has 0 fully saturated rings. The number of nitrogens with zero attached hydrogens (tertiary/aromatic N) is 4. The van der Waals surface area contributed by atoms with Crippen LogP contribution in [0.4, 0.5) is 5.69 Å². The number of nitro groups is 1. The molecule has 1 N–H and O–H groups in total. The zero-order chi connectivity index (χ0) is 23.0. The number of carbonyl (C=O) groups is 1. The number of non-ortho nitro benzene ring substituents is 1. The average Bonchev–Trinajstić information content (AvgIpc) is 3.25. The number of benzene rings is 2. The van der Waals surface area contributed by atoms with Crippen molar-refractivity contribution in [2.24, 2.45) is 0 Å². The number of carbonyl (C=O) groups excluding carboxylic acids is 1. The second-order valence-corrected chi connectivity index (χ2v) is 7.33. The van der Waals surface area contributed by atoms with Gasteiger partial charge in [0.05, 0.1) is 11.5 Å². The number of rotatable bonds is 8. The minimum Gasteiger partial charge on any atom is -0.348 e. The van der Waals surface area contributed by atoms with Crippen molar-refractivity contribution in [3.63, 3.8) is 0 Å². The van der Waals surface area contributed by atoms with Gasteiger partial charge >= 0.3 is 0 Å². The Morgan fingerprint density at radius 1 is 1.03 bits per heavy atom. The number of hydrogen-bond acceptors (Lipinski definition) is 5. The van der Waals surface area contributed by atoms with Gasteiger partial charge in [0.15, 0.2) is 0 Å². The molecule has 2 aromatic carbocycles. The summed E-state index contributed by atoms with van der Waals surface area (Å²) in [5.74, 6) is -0.277. The van der Waals surface area contributed by atoms with Crippen molar-refractivity contribution in [1.82, 2.24) is 20.1 Å². The third kappa shape index (κ3) is 5.76. The Balaban J connectivity index is 1.48. The van der Waals surface area contributed by atoms with Gasteiger partial charge < -0.3 is 5.32 Å². The SMILES string of the molecule is O=C(C=Cc1cn(Cc2ccccc2)nc1-c1cccnc1)NCc1ccc([N+](=O)[O-])cc1. The van der Waals surface area contributed by atoms with Gasteiger partial charge in [0.2, 0.25) is 5.91 Å². The van der Waals surface area contributed by atoms with Gasteiger partial charge in [-0.25, -0.2) is 0 Å². The van der Waals surface area contributed by atoms with Gasteiger partial charge in [0.1, 0.15) is 5.69 Å². The molecule has 0 radical (unpaired) electrons. The van der Waals surface area contributed by atoms with E-state index in [2.05, 4.69) is 10.3 Å². The van der Waals surface area contributed by atoms with Crippen molar-refractivity contribution in [3.05, 3.63) is 118 Å². The summed E-state index contributed by atoms with van der Waals surface area (Å²) in [6, 6.07) is 19.8. The Bertz CT molecular complexity index is 1270. The van der Waals surface area contributed by atoms with Crippen LogP contribution in [0.2, 0.25) is 0 Å². The molecular formula is C25H21N5O3. The molecule has 0 unspecified atom stereocenters. The van der Waals surface area contributed by atoms with E-state index in [9.17, 15) is 14.9 Å². The fraction of sp³-hybridized carbons (Fsp3) is 0.0800. The molecule has 2 aromatic heterocycles. The maximum atomic E-state index is 12.4. The van der Waals surface area contributed by atoms with E-state index in [4.69, 9.17) is 5.10 Å². The lowest BCUT2D eigenvalue weighted by Crippen LogP contribution is -2.20. The van der Waals surface area contributed by atoms with Gasteiger partial charge in [-0.15, -0.1) is 0 Å². The molecule has 0 aliphatic carbocycles. The van der Waals surface area contributed by atoms with Crippen LogP contribution >= 0.6 is 0 Å². The molecule has 4 rings (SSSR count). The summed E-state index contributed by atoms with van der Waals surface area (Å²) in [6.07, 6.45) is 8.51. The molecule has 0 saturated heterocycles. The summed E-state index contributed by atoms with van der Waals surface area (Å²) < 4.78 is 1.84. The summed E-state index contributed by atoms with van der Waals surface area (Å²) in [5.41, 5.74) is 4.29. The number of nitro benzene ring substituents is 1. The molecule has 0 spiro atoms. The maximum absolute atomic E-state index is 12.4. The number of pyridine rings is 1. The largest absolute Gasteiger partial charge is 0.348 e. The van der Waals surface area contributed by atoms with Crippen LogP contribution in [-0.2, 0) is 17.9 Å². The lowest BCUT2D eigenvalue weighted by atomic mass is 10.1. The first-order valence-corrected chi connectivity index (χ1v) is 10.3. The van der Waals surface area contributed by atoms with E-state index in [1.54, 1.807) is 30.6 Å². The van der Waals surface area contributed by atoms with E-state index in [1.807, 2.05) is 53.3 Å². The lowest BCUT2D eigenvalue weighted by Gasteiger charge is -2.02. The molecular weight excluding hydrogens is 418 g/mol. The fourth-order valence-corrected chi connectivity index (χ4v) is 3.29. The predicted octanol–water partition coefficient (Wildman–Crippen LogP) is 4.23. The molecule has 8 nitrogen and oxygen atoms in total. The van der Waals surface area contributed by atoms with Gasteiger partial charge in [0, 0.05) is 54.5 Å². The molecule has 2 heterocycles. The van der Waals surface area contributed by atoms with Gasteiger partial charge in [-0.3, -0.25) is 24.6 Å². The number of aromatic nitrogens is 3. The topological polar surface area (TPSA) is 103 Å². The zero-order valence-electron chi connectivity index (χ0n) is 17.7. The van der Waals surface area contributed by atoms with E-state index in [1.165, 1.54) is 18.2 Å². The molecule has 4 aromatic rings. The molecule has 1 amide bonds. The van der Waals surface area contributed by atoms with Crippen molar-refractivity contribution < 1.29 is 9.72 Å². The monoisotopic (exact) mass is 439 g/mol. The van der Waals surface area contributed by atoms with E-state index in [-0.39, 0.29) is 18.1 Å². The quantitative estimate of drug-likeness (QED) is 0.251. The van der Waals surface area contributed by atoms with Gasteiger partial charge in [-0.2, -0.15) is 5.10 Å². The summed E-state index contributed by atoms with van der Waals surface area (Å²) in [6.45, 7) is 0.873. The highest BCUT2D eigenvalue weighted by atomic mass is 16.6. The number of hydrogen-bond donors (Lipinski definition) is 1. The summed E-state index contributed by atoms with van der Waals surface area (Å²) in [7, 11) is 0. The summed E-state index contributed by atoms with van der Waals surface area (Å²) >= 11 is 0. The Labute approximate surface area is 190 Å². The first-order valence-electron chi connectivity index (χ1n) is 10.3. The van der Waals surface area contributed by atoms with Crippen LogP contribution in [0.15, 0.2) is 91.4 Å².